The lowest BCUT2D eigenvalue weighted by Gasteiger charge is -2.09. The molecule has 1 aromatic heterocycles. The van der Waals surface area contributed by atoms with Crippen LogP contribution >= 0.6 is 27.5 Å². The molecule has 1 heterocycles. The van der Waals surface area contributed by atoms with Crippen LogP contribution in [0.25, 0.3) is 0 Å². The van der Waals surface area contributed by atoms with Crippen LogP contribution in [0, 0.1) is 6.92 Å². The third kappa shape index (κ3) is 2.83. The van der Waals surface area contributed by atoms with E-state index in [2.05, 4.69) is 36.2 Å². The molecule has 2 aromatic rings. The topological polar surface area (TPSA) is 76.7 Å². The van der Waals surface area contributed by atoms with E-state index >= 15 is 0 Å². The van der Waals surface area contributed by atoms with Gasteiger partial charge in [-0.1, -0.05) is 22.0 Å². The summed E-state index contributed by atoms with van der Waals surface area (Å²) < 4.78 is 0.996. The van der Waals surface area contributed by atoms with Gasteiger partial charge in [-0.3, -0.25) is 0 Å². The molecule has 7 heteroatoms. The maximum atomic E-state index is 5.70. The van der Waals surface area contributed by atoms with Crippen LogP contribution in [0.5, 0.6) is 0 Å². The van der Waals surface area contributed by atoms with E-state index in [0.29, 0.717) is 5.95 Å². The van der Waals surface area contributed by atoms with Gasteiger partial charge in [0.1, 0.15) is 0 Å². The first kappa shape index (κ1) is 12.1. The van der Waals surface area contributed by atoms with Crippen LogP contribution in [-0.4, -0.2) is 15.0 Å². The number of nitrogens with two attached hydrogens (primary N) is 1. The lowest BCUT2D eigenvalue weighted by Crippen LogP contribution is -2.04. The Balaban J connectivity index is 2.34. The van der Waals surface area contributed by atoms with E-state index < -0.39 is 0 Å². The highest BCUT2D eigenvalue weighted by Crippen LogP contribution is 2.25. The van der Waals surface area contributed by atoms with Gasteiger partial charge < -0.3 is 11.1 Å². The summed E-state index contributed by atoms with van der Waals surface area (Å²) in [6.07, 6.45) is 0. The Bertz CT molecular complexity index is 540. The van der Waals surface area contributed by atoms with E-state index in [-0.39, 0.29) is 11.2 Å². The first-order chi connectivity index (χ1) is 8.06. The van der Waals surface area contributed by atoms with Crippen LogP contribution < -0.4 is 11.1 Å². The number of hydrogen-bond acceptors (Lipinski definition) is 5. The van der Waals surface area contributed by atoms with Gasteiger partial charge in [0.2, 0.25) is 17.2 Å². The predicted octanol–water partition coefficient (Wildman–Crippen LogP) is 2.92. The quantitative estimate of drug-likeness (QED) is 0.891. The summed E-state index contributed by atoms with van der Waals surface area (Å²) in [6.45, 7) is 1.97. The van der Waals surface area contributed by atoms with Crippen molar-refractivity contribution >= 4 is 45.1 Å². The van der Waals surface area contributed by atoms with Crippen molar-refractivity contribution in [3.8, 4) is 0 Å². The zero-order valence-electron chi connectivity index (χ0n) is 8.91. The van der Waals surface area contributed by atoms with Crippen LogP contribution in [0.1, 0.15) is 5.56 Å². The van der Waals surface area contributed by atoms with Gasteiger partial charge in [0.15, 0.2) is 0 Å². The molecular weight excluding hydrogens is 306 g/mol. The van der Waals surface area contributed by atoms with Crippen molar-refractivity contribution in [3.05, 3.63) is 33.5 Å². The van der Waals surface area contributed by atoms with Gasteiger partial charge in [-0.25, -0.2) is 0 Å². The van der Waals surface area contributed by atoms with Gasteiger partial charge in [0.25, 0.3) is 0 Å². The van der Waals surface area contributed by atoms with E-state index in [0.717, 1.165) is 15.7 Å². The Kier molecular flexibility index (Phi) is 3.44. The molecule has 0 amide bonds. The fraction of sp³-hybridized carbons (Fsp3) is 0.100. The summed E-state index contributed by atoms with van der Waals surface area (Å²) in [5.41, 5.74) is 7.41. The van der Waals surface area contributed by atoms with Crippen LogP contribution in [-0.2, 0) is 0 Å². The molecule has 0 bridgehead atoms. The number of nitrogens with zero attached hydrogens (tertiary/aromatic N) is 3. The van der Waals surface area contributed by atoms with Crippen LogP contribution in [0.15, 0.2) is 22.7 Å². The summed E-state index contributed by atoms with van der Waals surface area (Å²) >= 11 is 9.14. The summed E-state index contributed by atoms with van der Waals surface area (Å²) in [4.78, 5) is 11.6. The van der Waals surface area contributed by atoms with Crippen molar-refractivity contribution < 1.29 is 0 Å². The SMILES string of the molecule is Cc1c(Br)cccc1Nc1nc(N)nc(Cl)n1. The van der Waals surface area contributed by atoms with E-state index in [1.165, 1.54) is 0 Å². The average Bonchev–Trinajstić information content (AvgIpc) is 2.23. The molecule has 0 atom stereocenters. The minimum absolute atomic E-state index is 0.0626. The standard InChI is InChI=1S/C10H9BrClN5/c1-5-6(11)3-2-4-7(5)14-10-16-8(12)15-9(13)17-10/h2-4H,1H3,(H3,13,14,15,16,17). The highest BCUT2D eigenvalue weighted by atomic mass is 79.9. The summed E-state index contributed by atoms with van der Waals surface area (Å²) in [7, 11) is 0. The van der Waals surface area contributed by atoms with Gasteiger partial charge in [0, 0.05) is 10.2 Å². The highest BCUT2D eigenvalue weighted by molar-refractivity contribution is 9.10. The lowest BCUT2D eigenvalue weighted by molar-refractivity contribution is 1.07. The van der Waals surface area contributed by atoms with Gasteiger partial charge in [-0.05, 0) is 36.2 Å². The molecule has 0 fully saturated rings. The Morgan fingerprint density at radius 1 is 1.29 bits per heavy atom. The fourth-order valence-electron chi connectivity index (χ4n) is 1.28. The number of anilines is 3. The number of benzene rings is 1. The normalized spacial score (nSPS) is 10.3. The second-order valence-corrected chi connectivity index (χ2v) is 4.52. The minimum atomic E-state index is 0.0626. The monoisotopic (exact) mass is 313 g/mol. The van der Waals surface area contributed by atoms with Crippen molar-refractivity contribution in [2.24, 2.45) is 0 Å². The summed E-state index contributed by atoms with van der Waals surface area (Å²) in [6, 6.07) is 5.77. The molecule has 5 nitrogen and oxygen atoms in total. The molecule has 0 radical (unpaired) electrons. The Labute approximate surface area is 112 Å². The molecule has 0 spiro atoms. The molecule has 0 saturated carbocycles. The first-order valence-electron chi connectivity index (χ1n) is 4.75. The molecule has 0 saturated heterocycles. The third-order valence-corrected chi connectivity index (χ3v) is 3.17. The molecule has 0 aliphatic heterocycles. The minimum Gasteiger partial charge on any atom is -0.368 e. The number of nitrogens with one attached hydrogen (secondary N) is 1. The molecule has 0 aliphatic carbocycles. The average molecular weight is 315 g/mol. The molecule has 0 unspecified atom stereocenters. The molecule has 2 rings (SSSR count). The molecule has 3 N–H and O–H groups in total. The van der Waals surface area contributed by atoms with Crippen LogP contribution in [0.3, 0.4) is 0 Å². The zero-order chi connectivity index (χ0) is 12.4. The molecule has 88 valence electrons. The van der Waals surface area contributed by atoms with Crippen LogP contribution in [0.2, 0.25) is 5.28 Å². The first-order valence-corrected chi connectivity index (χ1v) is 5.92. The van der Waals surface area contributed by atoms with E-state index in [4.69, 9.17) is 17.3 Å². The number of nitrogen functional groups attached to an aromatic ring is 1. The zero-order valence-corrected chi connectivity index (χ0v) is 11.2. The second-order valence-electron chi connectivity index (χ2n) is 3.32. The number of hydrogen-bond donors (Lipinski definition) is 2. The van der Waals surface area contributed by atoms with Gasteiger partial charge in [0.05, 0.1) is 0 Å². The number of rotatable bonds is 2. The van der Waals surface area contributed by atoms with E-state index in [1.807, 2.05) is 25.1 Å². The van der Waals surface area contributed by atoms with Crippen molar-refractivity contribution in [1.82, 2.24) is 15.0 Å². The lowest BCUT2D eigenvalue weighted by atomic mass is 10.2. The summed E-state index contributed by atoms with van der Waals surface area (Å²) in [5.74, 6) is 0.406. The Morgan fingerprint density at radius 2 is 2.06 bits per heavy atom. The fourth-order valence-corrected chi connectivity index (χ4v) is 1.82. The largest absolute Gasteiger partial charge is 0.368 e. The second kappa shape index (κ2) is 4.85. The number of aromatic nitrogens is 3. The maximum Gasteiger partial charge on any atom is 0.233 e. The Morgan fingerprint density at radius 3 is 2.76 bits per heavy atom. The smallest absolute Gasteiger partial charge is 0.233 e. The van der Waals surface area contributed by atoms with Crippen LogP contribution in [0.4, 0.5) is 17.6 Å². The van der Waals surface area contributed by atoms with Crippen molar-refractivity contribution in [1.29, 1.82) is 0 Å². The Hall–Kier alpha value is -1.40. The van der Waals surface area contributed by atoms with E-state index in [9.17, 15) is 0 Å². The highest BCUT2D eigenvalue weighted by Gasteiger charge is 2.06. The van der Waals surface area contributed by atoms with E-state index in [1.54, 1.807) is 0 Å². The molecule has 1 aromatic carbocycles. The van der Waals surface area contributed by atoms with Crippen molar-refractivity contribution in [2.45, 2.75) is 6.92 Å². The predicted molar refractivity (Wildman–Crippen MR) is 71.4 cm³/mol. The third-order valence-electron chi connectivity index (χ3n) is 2.14. The van der Waals surface area contributed by atoms with Crippen molar-refractivity contribution in [2.75, 3.05) is 11.1 Å². The maximum absolute atomic E-state index is 5.70. The van der Waals surface area contributed by atoms with Crippen molar-refractivity contribution in [3.63, 3.8) is 0 Å². The molecule has 0 aliphatic rings. The number of halogens is 2. The van der Waals surface area contributed by atoms with Gasteiger partial charge >= 0.3 is 0 Å². The summed E-state index contributed by atoms with van der Waals surface area (Å²) in [5, 5.41) is 3.10. The van der Waals surface area contributed by atoms with Gasteiger partial charge in [-0.15, -0.1) is 0 Å². The van der Waals surface area contributed by atoms with Gasteiger partial charge in [-0.2, -0.15) is 15.0 Å². The molecular formula is C10H9BrClN5. The molecule has 17 heavy (non-hydrogen) atoms.